The monoisotopic (exact) mass is 674 g/mol. The first kappa shape index (κ1) is 42.2. The standard InChI is InChI=1S/C15H17NO6.C13H15NO5.C4H6O3/c1-5-21-15(18)10(3)14(22-11(4)17)12-7-6-9(2)13(8-12)16(19)20;1-4-19-13(16)9(3)12(15)10-6-5-8(2)11(7-10)14(17)18;1-3(5)7-4(2)6/h6-8,14H,3,5H2,1-2,4H3;5-7,12,15H,3-4H2,1-2H3;1-2H3. The van der Waals surface area contributed by atoms with Gasteiger partial charge in [0.25, 0.3) is 11.4 Å². The zero-order chi connectivity index (χ0) is 37.3. The summed E-state index contributed by atoms with van der Waals surface area (Å²) in [5.74, 6) is -3.21. The number of aliphatic hydroxyl groups excluding tert-OH is 1. The number of carbonyl (C=O) groups excluding carboxylic acids is 5. The molecule has 0 bridgehead atoms. The van der Waals surface area contributed by atoms with Crippen molar-refractivity contribution >= 4 is 41.2 Å². The molecule has 0 aliphatic heterocycles. The van der Waals surface area contributed by atoms with Gasteiger partial charge >= 0.3 is 29.8 Å². The number of ether oxygens (including phenoxy) is 4. The van der Waals surface area contributed by atoms with Crippen LogP contribution in [0.1, 0.15) is 69.1 Å². The van der Waals surface area contributed by atoms with Gasteiger partial charge in [-0.05, 0) is 33.3 Å². The Hall–Kier alpha value is -5.77. The van der Waals surface area contributed by atoms with Gasteiger partial charge in [-0.1, -0.05) is 37.4 Å². The molecule has 0 aliphatic carbocycles. The van der Waals surface area contributed by atoms with Crippen LogP contribution in [0, 0.1) is 34.1 Å². The predicted octanol–water partition coefficient (Wildman–Crippen LogP) is 4.78. The Kier molecular flexibility index (Phi) is 17.9. The fourth-order valence-electron chi connectivity index (χ4n) is 3.56. The number of hydrogen-bond acceptors (Lipinski definition) is 14. The number of nitro benzene ring substituents is 2. The summed E-state index contributed by atoms with van der Waals surface area (Å²) in [6.07, 6.45) is -2.45. The van der Waals surface area contributed by atoms with Gasteiger partial charge in [-0.25, -0.2) is 9.59 Å². The summed E-state index contributed by atoms with van der Waals surface area (Å²) in [5.41, 5.74) is 0.940. The average Bonchev–Trinajstić information content (AvgIpc) is 2.99. The molecule has 0 heterocycles. The molecular formula is C32H38N2O14. The fraction of sp³-hybridized carbons (Fsp3) is 0.344. The van der Waals surface area contributed by atoms with Crippen LogP contribution in [0.2, 0.25) is 0 Å². The van der Waals surface area contributed by atoms with Gasteiger partial charge in [0.1, 0.15) is 6.10 Å². The molecule has 1 N–H and O–H groups in total. The van der Waals surface area contributed by atoms with E-state index in [2.05, 4.69) is 17.9 Å². The Balaban J connectivity index is 0.000000774. The van der Waals surface area contributed by atoms with Crippen molar-refractivity contribution in [2.24, 2.45) is 0 Å². The first-order valence-corrected chi connectivity index (χ1v) is 14.0. The molecule has 2 rings (SSSR count). The third-order valence-electron chi connectivity index (χ3n) is 5.77. The van der Waals surface area contributed by atoms with Crippen molar-refractivity contribution in [2.75, 3.05) is 13.2 Å². The zero-order valence-electron chi connectivity index (χ0n) is 27.6. The van der Waals surface area contributed by atoms with Crippen LogP contribution in [-0.2, 0) is 42.9 Å². The third-order valence-corrected chi connectivity index (χ3v) is 5.77. The number of benzene rings is 2. The van der Waals surface area contributed by atoms with E-state index in [1.54, 1.807) is 33.8 Å². The lowest BCUT2D eigenvalue weighted by molar-refractivity contribution is -0.385. The minimum Gasteiger partial charge on any atom is -0.463 e. The Labute approximate surface area is 276 Å². The second kappa shape index (κ2) is 20.4. The average molecular weight is 675 g/mol. The summed E-state index contributed by atoms with van der Waals surface area (Å²) in [6.45, 7) is 17.3. The number of carbonyl (C=O) groups is 5. The Morgan fingerprint density at radius 1 is 0.729 bits per heavy atom. The highest BCUT2D eigenvalue weighted by Gasteiger charge is 2.27. The van der Waals surface area contributed by atoms with Crippen LogP contribution >= 0.6 is 0 Å². The lowest BCUT2D eigenvalue weighted by Crippen LogP contribution is -2.18. The summed E-state index contributed by atoms with van der Waals surface area (Å²) in [7, 11) is 0. The van der Waals surface area contributed by atoms with Crippen molar-refractivity contribution in [1.29, 1.82) is 0 Å². The van der Waals surface area contributed by atoms with E-state index in [-0.39, 0.29) is 46.9 Å². The lowest BCUT2D eigenvalue weighted by atomic mass is 10.00. The van der Waals surface area contributed by atoms with Gasteiger partial charge < -0.3 is 24.1 Å². The summed E-state index contributed by atoms with van der Waals surface area (Å²) in [4.78, 5) is 74.8. The molecule has 16 heteroatoms. The molecule has 16 nitrogen and oxygen atoms in total. The molecule has 2 aromatic rings. The molecular weight excluding hydrogens is 636 g/mol. The normalized spacial score (nSPS) is 11.0. The van der Waals surface area contributed by atoms with E-state index in [9.17, 15) is 49.3 Å². The molecule has 0 fully saturated rings. The summed E-state index contributed by atoms with van der Waals surface area (Å²) in [6, 6.07) is 8.56. The molecule has 2 aromatic carbocycles. The Bertz CT molecular complexity index is 1550. The molecule has 0 aliphatic rings. The van der Waals surface area contributed by atoms with Crippen LogP contribution < -0.4 is 0 Å². The lowest BCUT2D eigenvalue weighted by Gasteiger charge is -2.19. The summed E-state index contributed by atoms with van der Waals surface area (Å²) in [5, 5.41) is 31.8. The molecule has 0 spiro atoms. The minimum absolute atomic E-state index is 0.102. The van der Waals surface area contributed by atoms with E-state index in [0.29, 0.717) is 11.1 Å². The van der Waals surface area contributed by atoms with E-state index in [1.165, 1.54) is 51.1 Å². The van der Waals surface area contributed by atoms with Gasteiger partial charge in [0.15, 0.2) is 6.10 Å². The van der Waals surface area contributed by atoms with Crippen LogP contribution in [0.25, 0.3) is 0 Å². The van der Waals surface area contributed by atoms with Gasteiger partial charge in [0.2, 0.25) is 0 Å². The number of aryl methyl sites for hydroxylation is 2. The number of nitrogens with zero attached hydrogens (tertiary/aromatic N) is 2. The second-order valence-electron chi connectivity index (χ2n) is 9.57. The Morgan fingerprint density at radius 2 is 1.12 bits per heavy atom. The van der Waals surface area contributed by atoms with Crippen molar-refractivity contribution in [3.63, 3.8) is 0 Å². The maximum Gasteiger partial charge on any atom is 0.337 e. The van der Waals surface area contributed by atoms with Gasteiger partial charge in [0, 0.05) is 49.6 Å². The number of rotatable bonds is 11. The molecule has 0 amide bonds. The van der Waals surface area contributed by atoms with Crippen molar-refractivity contribution in [3.05, 3.63) is 103 Å². The van der Waals surface area contributed by atoms with Gasteiger partial charge in [-0.3, -0.25) is 34.6 Å². The molecule has 48 heavy (non-hydrogen) atoms. The smallest absolute Gasteiger partial charge is 0.337 e. The van der Waals surface area contributed by atoms with E-state index in [0.717, 1.165) is 0 Å². The van der Waals surface area contributed by atoms with E-state index >= 15 is 0 Å². The van der Waals surface area contributed by atoms with Crippen molar-refractivity contribution < 1.29 is 57.9 Å². The van der Waals surface area contributed by atoms with E-state index < -0.39 is 51.9 Å². The van der Waals surface area contributed by atoms with Gasteiger partial charge in [-0.2, -0.15) is 0 Å². The molecule has 0 aromatic heterocycles. The number of hydrogen-bond donors (Lipinski definition) is 1. The van der Waals surface area contributed by atoms with Gasteiger partial charge in [0.05, 0.1) is 34.2 Å². The largest absolute Gasteiger partial charge is 0.463 e. The number of nitro groups is 2. The third kappa shape index (κ3) is 14.1. The first-order valence-electron chi connectivity index (χ1n) is 14.0. The molecule has 0 radical (unpaired) electrons. The van der Waals surface area contributed by atoms with Crippen LogP contribution in [-0.4, -0.2) is 58.0 Å². The van der Waals surface area contributed by atoms with E-state index in [1.807, 2.05) is 0 Å². The molecule has 260 valence electrons. The SMILES string of the molecule is C=C(C(=O)OCC)C(O)c1ccc(C)c([N+](=O)[O-])c1.C=C(C(=O)OCC)C(OC(C)=O)c1ccc(C)c([N+](=O)[O-])c1.CC(=O)OC(C)=O. The topological polar surface area (TPSA) is 229 Å². The summed E-state index contributed by atoms with van der Waals surface area (Å²) >= 11 is 0. The summed E-state index contributed by atoms with van der Waals surface area (Å²) < 4.78 is 18.6. The van der Waals surface area contributed by atoms with Crippen LogP contribution in [0.4, 0.5) is 11.4 Å². The van der Waals surface area contributed by atoms with E-state index in [4.69, 9.17) is 14.2 Å². The first-order chi connectivity index (χ1) is 22.3. The predicted molar refractivity (Wildman–Crippen MR) is 169 cm³/mol. The van der Waals surface area contributed by atoms with Crippen molar-refractivity contribution in [1.82, 2.24) is 0 Å². The fourth-order valence-corrected chi connectivity index (χ4v) is 3.56. The van der Waals surface area contributed by atoms with Crippen molar-refractivity contribution in [3.8, 4) is 0 Å². The minimum atomic E-state index is -1.32. The highest BCUT2D eigenvalue weighted by molar-refractivity contribution is 5.90. The highest BCUT2D eigenvalue weighted by Crippen LogP contribution is 2.30. The highest BCUT2D eigenvalue weighted by atomic mass is 16.6. The maximum atomic E-state index is 11.8. The van der Waals surface area contributed by atoms with Crippen LogP contribution in [0.5, 0.6) is 0 Å². The second-order valence-corrected chi connectivity index (χ2v) is 9.57. The molecule has 2 unspecified atom stereocenters. The quantitative estimate of drug-likeness (QED) is 0.0845. The van der Waals surface area contributed by atoms with Crippen molar-refractivity contribution in [2.45, 2.75) is 60.7 Å². The molecule has 2 atom stereocenters. The number of esters is 5. The van der Waals surface area contributed by atoms with Gasteiger partial charge in [-0.15, -0.1) is 0 Å². The molecule has 0 saturated heterocycles. The van der Waals surface area contributed by atoms with Crippen LogP contribution in [0.15, 0.2) is 60.7 Å². The Morgan fingerprint density at radius 3 is 1.48 bits per heavy atom. The zero-order valence-corrected chi connectivity index (χ0v) is 27.6. The molecule has 0 saturated carbocycles. The maximum absolute atomic E-state index is 11.8. The van der Waals surface area contributed by atoms with Crippen LogP contribution in [0.3, 0.4) is 0 Å². The number of aliphatic hydroxyl groups is 1.